The minimum Gasteiger partial charge on any atom is -0.378 e. The van der Waals surface area contributed by atoms with Crippen LogP contribution in [0.2, 0.25) is 0 Å². The number of rotatable bonds is 8. The van der Waals surface area contributed by atoms with Crippen LogP contribution in [0.25, 0.3) is 0 Å². The molecule has 96 valence electrons. The number of hydrogen-bond acceptors (Lipinski definition) is 2. The first-order valence-corrected chi connectivity index (χ1v) is 6.32. The summed E-state index contributed by atoms with van der Waals surface area (Å²) in [5, 5.41) is 3.48. The summed E-state index contributed by atoms with van der Waals surface area (Å²) in [4.78, 5) is 0. The van der Waals surface area contributed by atoms with Gasteiger partial charge < -0.3 is 10.1 Å². The van der Waals surface area contributed by atoms with Gasteiger partial charge in [0.05, 0.1) is 12.7 Å². The Balaban J connectivity index is 3.37. The van der Waals surface area contributed by atoms with Gasteiger partial charge in [0.2, 0.25) is 0 Å². The number of hydrogen-bond donors (Lipinski definition) is 1. The molecule has 0 aromatic heterocycles. The minimum atomic E-state index is 0.226. The van der Waals surface area contributed by atoms with Crippen molar-refractivity contribution in [2.75, 3.05) is 13.2 Å². The third-order valence-electron chi connectivity index (χ3n) is 2.37. The maximum absolute atomic E-state index is 5.70. The van der Waals surface area contributed by atoms with Gasteiger partial charge in [-0.15, -0.1) is 6.58 Å². The normalized spacial score (nSPS) is 13.8. The van der Waals surface area contributed by atoms with E-state index in [0.717, 1.165) is 26.0 Å². The van der Waals surface area contributed by atoms with Gasteiger partial charge >= 0.3 is 0 Å². The first kappa shape index (κ1) is 15.7. The van der Waals surface area contributed by atoms with E-state index < -0.39 is 0 Å². The molecular formula is C14H29NO. The highest BCUT2D eigenvalue weighted by molar-refractivity contribution is 4.87. The summed E-state index contributed by atoms with van der Waals surface area (Å²) in [6.45, 7) is 16.5. The Kier molecular flexibility index (Phi) is 7.69. The van der Waals surface area contributed by atoms with Gasteiger partial charge in [0.15, 0.2) is 0 Å². The van der Waals surface area contributed by atoms with Crippen LogP contribution >= 0.6 is 0 Å². The summed E-state index contributed by atoms with van der Waals surface area (Å²) >= 11 is 0. The molecule has 1 unspecified atom stereocenters. The first-order chi connectivity index (χ1) is 7.31. The smallest absolute Gasteiger partial charge is 0.0547 e. The maximum Gasteiger partial charge on any atom is 0.0547 e. The van der Waals surface area contributed by atoms with Crippen molar-refractivity contribution in [2.24, 2.45) is 0 Å². The summed E-state index contributed by atoms with van der Waals surface area (Å²) in [6, 6.07) is 0. The summed E-state index contributed by atoms with van der Waals surface area (Å²) in [7, 11) is 0. The van der Waals surface area contributed by atoms with Gasteiger partial charge in [0, 0.05) is 5.54 Å². The fourth-order valence-electron chi connectivity index (χ4n) is 1.37. The fraction of sp³-hybridized carbons (Fsp3) is 0.857. The molecule has 0 saturated heterocycles. The zero-order chi connectivity index (χ0) is 12.6. The molecule has 2 heteroatoms. The molecule has 0 aliphatic heterocycles. The van der Waals surface area contributed by atoms with Crippen LogP contribution in [0.4, 0.5) is 0 Å². The van der Waals surface area contributed by atoms with Crippen LogP contribution in [-0.2, 0) is 4.74 Å². The number of ether oxygens (including phenoxy) is 1. The summed E-state index contributed by atoms with van der Waals surface area (Å²) in [5.41, 5.74) is 1.42. The van der Waals surface area contributed by atoms with Crippen LogP contribution in [-0.4, -0.2) is 24.8 Å². The van der Waals surface area contributed by atoms with E-state index in [1.807, 2.05) is 6.92 Å². The topological polar surface area (TPSA) is 21.3 Å². The van der Waals surface area contributed by atoms with Crippen molar-refractivity contribution in [1.82, 2.24) is 5.32 Å². The SMILES string of the molecule is C=C(C)CCOC(C)CCCNC(C)(C)C. The Morgan fingerprint density at radius 3 is 2.50 bits per heavy atom. The van der Waals surface area contributed by atoms with Crippen LogP contribution in [0.1, 0.15) is 53.9 Å². The Hall–Kier alpha value is -0.340. The largest absolute Gasteiger partial charge is 0.378 e. The predicted octanol–water partition coefficient (Wildman–Crippen LogP) is 3.53. The van der Waals surface area contributed by atoms with E-state index in [4.69, 9.17) is 4.74 Å². The summed E-state index contributed by atoms with van der Waals surface area (Å²) < 4.78 is 5.70. The highest BCUT2D eigenvalue weighted by atomic mass is 16.5. The van der Waals surface area contributed by atoms with Crippen molar-refractivity contribution in [3.05, 3.63) is 12.2 Å². The lowest BCUT2D eigenvalue weighted by atomic mass is 10.1. The van der Waals surface area contributed by atoms with Crippen molar-refractivity contribution in [3.8, 4) is 0 Å². The molecule has 1 N–H and O–H groups in total. The third-order valence-corrected chi connectivity index (χ3v) is 2.37. The van der Waals surface area contributed by atoms with Gasteiger partial charge in [-0.05, 0) is 60.4 Å². The minimum absolute atomic E-state index is 0.226. The molecule has 0 saturated carbocycles. The van der Waals surface area contributed by atoms with Gasteiger partial charge in [-0.1, -0.05) is 5.57 Å². The second-order valence-corrected chi connectivity index (χ2v) is 5.71. The second kappa shape index (κ2) is 7.86. The summed E-state index contributed by atoms with van der Waals surface area (Å²) in [5.74, 6) is 0. The Bertz CT molecular complexity index is 193. The monoisotopic (exact) mass is 227 g/mol. The Morgan fingerprint density at radius 2 is 2.00 bits per heavy atom. The van der Waals surface area contributed by atoms with E-state index >= 15 is 0 Å². The average Bonchev–Trinajstić information content (AvgIpc) is 2.10. The van der Waals surface area contributed by atoms with Gasteiger partial charge in [0.25, 0.3) is 0 Å². The third kappa shape index (κ3) is 11.7. The van der Waals surface area contributed by atoms with Crippen LogP contribution in [0.15, 0.2) is 12.2 Å². The van der Waals surface area contributed by atoms with Crippen LogP contribution in [0.3, 0.4) is 0 Å². The maximum atomic E-state index is 5.70. The average molecular weight is 227 g/mol. The number of nitrogens with one attached hydrogen (secondary N) is 1. The molecular weight excluding hydrogens is 198 g/mol. The van der Waals surface area contributed by atoms with Gasteiger partial charge in [-0.25, -0.2) is 0 Å². The lowest BCUT2D eigenvalue weighted by Gasteiger charge is -2.21. The lowest BCUT2D eigenvalue weighted by Crippen LogP contribution is -2.36. The van der Waals surface area contributed by atoms with Crippen molar-refractivity contribution in [2.45, 2.75) is 65.5 Å². The molecule has 0 rings (SSSR count). The standard InChI is InChI=1S/C14H29NO/c1-12(2)9-11-16-13(3)8-7-10-15-14(4,5)6/h13,15H,1,7-11H2,2-6H3. The zero-order valence-electron chi connectivity index (χ0n) is 11.7. The van der Waals surface area contributed by atoms with Crippen molar-refractivity contribution in [1.29, 1.82) is 0 Å². The van der Waals surface area contributed by atoms with E-state index in [1.54, 1.807) is 0 Å². The fourth-order valence-corrected chi connectivity index (χ4v) is 1.37. The zero-order valence-corrected chi connectivity index (χ0v) is 11.7. The molecule has 0 spiro atoms. The van der Waals surface area contributed by atoms with Crippen LogP contribution in [0, 0.1) is 0 Å². The molecule has 0 heterocycles. The molecule has 0 bridgehead atoms. The molecule has 0 aliphatic rings. The molecule has 0 amide bonds. The van der Waals surface area contributed by atoms with E-state index in [9.17, 15) is 0 Å². The van der Waals surface area contributed by atoms with Crippen molar-refractivity contribution >= 4 is 0 Å². The van der Waals surface area contributed by atoms with E-state index in [2.05, 4.69) is 39.6 Å². The van der Waals surface area contributed by atoms with Gasteiger partial charge in [0.1, 0.15) is 0 Å². The van der Waals surface area contributed by atoms with E-state index in [-0.39, 0.29) is 5.54 Å². The first-order valence-electron chi connectivity index (χ1n) is 6.32. The molecule has 0 radical (unpaired) electrons. The van der Waals surface area contributed by atoms with Gasteiger partial charge in [-0.2, -0.15) is 0 Å². The predicted molar refractivity (Wildman–Crippen MR) is 71.8 cm³/mol. The van der Waals surface area contributed by atoms with Crippen molar-refractivity contribution < 1.29 is 4.74 Å². The van der Waals surface area contributed by atoms with Crippen LogP contribution < -0.4 is 5.32 Å². The molecule has 0 aromatic carbocycles. The van der Waals surface area contributed by atoms with Gasteiger partial charge in [-0.3, -0.25) is 0 Å². The molecule has 1 atom stereocenters. The Labute approximate surface area is 101 Å². The van der Waals surface area contributed by atoms with E-state index in [0.29, 0.717) is 6.10 Å². The summed E-state index contributed by atoms with van der Waals surface area (Å²) in [6.07, 6.45) is 3.64. The van der Waals surface area contributed by atoms with E-state index in [1.165, 1.54) is 12.0 Å². The second-order valence-electron chi connectivity index (χ2n) is 5.71. The molecule has 0 aromatic rings. The Morgan fingerprint density at radius 1 is 1.38 bits per heavy atom. The molecule has 16 heavy (non-hydrogen) atoms. The highest BCUT2D eigenvalue weighted by Crippen LogP contribution is 2.05. The highest BCUT2D eigenvalue weighted by Gasteiger charge is 2.08. The van der Waals surface area contributed by atoms with Crippen molar-refractivity contribution in [3.63, 3.8) is 0 Å². The molecule has 0 fully saturated rings. The molecule has 2 nitrogen and oxygen atoms in total. The molecule has 0 aliphatic carbocycles. The quantitative estimate of drug-likeness (QED) is 0.506. The van der Waals surface area contributed by atoms with Crippen LogP contribution in [0.5, 0.6) is 0 Å². The lowest BCUT2D eigenvalue weighted by molar-refractivity contribution is 0.0609.